The Balaban J connectivity index is 1.30. The number of aryl methyl sites for hydroxylation is 1. The van der Waals surface area contributed by atoms with Gasteiger partial charge in [0.15, 0.2) is 0 Å². The Hall–Kier alpha value is -3.17. The summed E-state index contributed by atoms with van der Waals surface area (Å²) in [6.45, 7) is 0.384. The number of aromatic nitrogens is 4. The summed E-state index contributed by atoms with van der Waals surface area (Å²) in [4.78, 5) is 16.5. The van der Waals surface area contributed by atoms with Crippen LogP contribution in [0.4, 0.5) is 4.39 Å². The smallest absolute Gasteiger partial charge is 0.254 e. The molecule has 0 aliphatic carbocycles. The van der Waals surface area contributed by atoms with E-state index >= 15 is 0 Å². The third-order valence-electron chi connectivity index (χ3n) is 5.41. The predicted molar refractivity (Wildman–Crippen MR) is 111 cm³/mol. The number of nitrogens with zero attached hydrogens (tertiary/aromatic N) is 4. The van der Waals surface area contributed by atoms with Gasteiger partial charge in [0.05, 0.1) is 30.5 Å². The van der Waals surface area contributed by atoms with E-state index in [1.807, 2.05) is 18.3 Å². The molecule has 31 heavy (non-hydrogen) atoms. The van der Waals surface area contributed by atoms with Crippen LogP contribution in [0.25, 0.3) is 11.3 Å². The Morgan fingerprint density at radius 2 is 2.13 bits per heavy atom. The van der Waals surface area contributed by atoms with Crippen LogP contribution in [0, 0.1) is 5.82 Å². The third-order valence-corrected chi connectivity index (χ3v) is 5.41. The summed E-state index contributed by atoms with van der Waals surface area (Å²) >= 11 is 0. The number of rotatable bonds is 7. The van der Waals surface area contributed by atoms with Crippen molar-refractivity contribution in [1.82, 2.24) is 25.3 Å². The van der Waals surface area contributed by atoms with Crippen molar-refractivity contribution < 1.29 is 19.0 Å². The SMILES string of the molecule is O=C(N[C@H]1CC[C@H](CCn2cc(-c3cccnc3)nn2)O[C@H]1CO)c1ccccc1F. The molecule has 1 amide bonds. The lowest BCUT2D eigenvalue weighted by atomic mass is 9.96. The maximum absolute atomic E-state index is 13.8. The van der Waals surface area contributed by atoms with E-state index in [0.717, 1.165) is 11.3 Å². The summed E-state index contributed by atoms with van der Waals surface area (Å²) in [7, 11) is 0. The number of carbonyl (C=O) groups is 1. The van der Waals surface area contributed by atoms with Crippen molar-refractivity contribution in [2.45, 2.75) is 44.1 Å². The molecule has 0 unspecified atom stereocenters. The van der Waals surface area contributed by atoms with E-state index in [9.17, 15) is 14.3 Å². The minimum Gasteiger partial charge on any atom is -0.394 e. The van der Waals surface area contributed by atoms with Gasteiger partial charge in [-0.25, -0.2) is 4.39 Å². The zero-order valence-corrected chi connectivity index (χ0v) is 16.9. The van der Waals surface area contributed by atoms with E-state index in [4.69, 9.17) is 4.74 Å². The van der Waals surface area contributed by atoms with Gasteiger partial charge in [0, 0.05) is 24.5 Å². The average molecular weight is 425 g/mol. The molecule has 1 aliphatic rings. The Morgan fingerprint density at radius 3 is 2.90 bits per heavy atom. The first-order valence-corrected chi connectivity index (χ1v) is 10.3. The molecule has 4 rings (SSSR count). The van der Waals surface area contributed by atoms with Gasteiger partial charge in [0.25, 0.3) is 5.91 Å². The number of pyridine rings is 1. The Kier molecular flexibility index (Phi) is 6.63. The van der Waals surface area contributed by atoms with Crippen LogP contribution >= 0.6 is 0 Å². The van der Waals surface area contributed by atoms with Crippen LogP contribution in [0.3, 0.4) is 0 Å². The highest BCUT2D eigenvalue weighted by Gasteiger charge is 2.32. The Morgan fingerprint density at radius 1 is 1.26 bits per heavy atom. The Labute approximate surface area is 179 Å². The molecule has 0 radical (unpaired) electrons. The van der Waals surface area contributed by atoms with Gasteiger partial charge in [-0.3, -0.25) is 14.5 Å². The standard InChI is InChI=1S/C22H24FN5O3/c23-18-6-2-1-5-17(18)22(30)25-19-8-7-16(31-21(19)14-29)9-11-28-13-20(26-27-28)15-4-3-10-24-12-15/h1-6,10,12-13,16,19,21,29H,7-9,11,14H2,(H,25,30)/t16-,19+,21+/m1/s1. The quantitative estimate of drug-likeness (QED) is 0.602. The average Bonchev–Trinajstić information content (AvgIpc) is 3.28. The second-order valence-corrected chi connectivity index (χ2v) is 7.51. The third kappa shape index (κ3) is 5.12. The number of aliphatic hydroxyl groups is 1. The van der Waals surface area contributed by atoms with Gasteiger partial charge < -0.3 is 15.2 Å². The molecule has 162 valence electrons. The lowest BCUT2D eigenvalue weighted by Crippen LogP contribution is -2.51. The molecule has 3 heterocycles. The highest BCUT2D eigenvalue weighted by atomic mass is 19.1. The minimum atomic E-state index is -0.575. The molecule has 1 aliphatic heterocycles. The first-order valence-electron chi connectivity index (χ1n) is 10.3. The summed E-state index contributed by atoms with van der Waals surface area (Å²) in [6.07, 6.45) is 6.72. The second kappa shape index (κ2) is 9.76. The molecule has 1 saturated heterocycles. The number of carbonyl (C=O) groups excluding carboxylic acids is 1. The van der Waals surface area contributed by atoms with Crippen LogP contribution in [-0.2, 0) is 11.3 Å². The van der Waals surface area contributed by atoms with Crippen LogP contribution in [0.5, 0.6) is 0 Å². The molecule has 3 aromatic rings. The minimum absolute atomic E-state index is 0.0167. The molecule has 0 spiro atoms. The topological polar surface area (TPSA) is 102 Å². The van der Waals surface area contributed by atoms with E-state index in [1.165, 1.54) is 18.2 Å². The molecular formula is C22H24FN5O3. The van der Waals surface area contributed by atoms with Crippen LogP contribution in [-0.4, -0.2) is 55.8 Å². The van der Waals surface area contributed by atoms with Crippen molar-refractivity contribution in [1.29, 1.82) is 0 Å². The van der Waals surface area contributed by atoms with Crippen molar-refractivity contribution in [3.63, 3.8) is 0 Å². The number of hydrogen-bond acceptors (Lipinski definition) is 6. The van der Waals surface area contributed by atoms with Crippen LogP contribution in [0.1, 0.15) is 29.6 Å². The fourth-order valence-electron chi connectivity index (χ4n) is 3.73. The highest BCUT2D eigenvalue weighted by Crippen LogP contribution is 2.23. The summed E-state index contributed by atoms with van der Waals surface area (Å²) in [5, 5.41) is 20.9. The molecule has 9 heteroatoms. The molecule has 8 nitrogen and oxygen atoms in total. The maximum atomic E-state index is 13.8. The second-order valence-electron chi connectivity index (χ2n) is 7.51. The molecule has 0 saturated carbocycles. The van der Waals surface area contributed by atoms with Crippen molar-refractivity contribution in [3.05, 3.63) is 66.4 Å². The van der Waals surface area contributed by atoms with Crippen molar-refractivity contribution in [2.75, 3.05) is 6.61 Å². The number of nitrogens with one attached hydrogen (secondary N) is 1. The predicted octanol–water partition coefficient (Wildman–Crippen LogP) is 2.21. The van der Waals surface area contributed by atoms with Crippen molar-refractivity contribution >= 4 is 5.91 Å². The van der Waals surface area contributed by atoms with E-state index in [-0.39, 0.29) is 24.3 Å². The van der Waals surface area contributed by atoms with E-state index < -0.39 is 17.8 Å². The first kappa shape index (κ1) is 21.1. The number of amides is 1. The normalized spacial score (nSPS) is 21.0. The maximum Gasteiger partial charge on any atom is 0.254 e. The molecular weight excluding hydrogens is 401 g/mol. The van der Waals surface area contributed by atoms with Gasteiger partial charge >= 0.3 is 0 Å². The number of benzene rings is 1. The van der Waals surface area contributed by atoms with E-state index in [0.29, 0.717) is 25.8 Å². The molecule has 2 aromatic heterocycles. The van der Waals surface area contributed by atoms with Crippen LogP contribution in [0.15, 0.2) is 55.0 Å². The molecule has 1 aromatic carbocycles. The summed E-state index contributed by atoms with van der Waals surface area (Å²) in [5.74, 6) is -1.08. The van der Waals surface area contributed by atoms with Crippen LogP contribution in [0.2, 0.25) is 0 Å². The number of aliphatic hydroxyl groups excluding tert-OH is 1. The van der Waals surface area contributed by atoms with E-state index in [1.54, 1.807) is 23.1 Å². The highest BCUT2D eigenvalue weighted by molar-refractivity contribution is 5.94. The van der Waals surface area contributed by atoms with Gasteiger partial charge in [-0.05, 0) is 43.5 Å². The van der Waals surface area contributed by atoms with E-state index in [2.05, 4.69) is 20.6 Å². The van der Waals surface area contributed by atoms with Crippen molar-refractivity contribution in [3.8, 4) is 11.3 Å². The molecule has 3 atom stereocenters. The summed E-state index contributed by atoms with van der Waals surface area (Å²) < 4.78 is 21.6. The van der Waals surface area contributed by atoms with Gasteiger partial charge in [0.1, 0.15) is 17.6 Å². The monoisotopic (exact) mass is 425 g/mol. The number of ether oxygens (including phenoxy) is 1. The number of halogens is 1. The summed E-state index contributed by atoms with van der Waals surface area (Å²) in [5.41, 5.74) is 1.63. The molecule has 1 fully saturated rings. The number of hydrogen-bond donors (Lipinski definition) is 2. The lowest BCUT2D eigenvalue weighted by Gasteiger charge is -2.36. The molecule has 2 N–H and O–H groups in total. The zero-order chi connectivity index (χ0) is 21.6. The van der Waals surface area contributed by atoms with Gasteiger partial charge in [0.2, 0.25) is 0 Å². The summed E-state index contributed by atoms with van der Waals surface area (Å²) in [6, 6.07) is 9.22. The van der Waals surface area contributed by atoms with Gasteiger partial charge in [-0.2, -0.15) is 0 Å². The first-order chi connectivity index (χ1) is 15.1. The lowest BCUT2D eigenvalue weighted by molar-refractivity contribution is -0.0912. The Bertz CT molecular complexity index is 1010. The van der Waals surface area contributed by atoms with Gasteiger partial charge in [-0.1, -0.05) is 17.3 Å². The van der Waals surface area contributed by atoms with Gasteiger partial charge in [-0.15, -0.1) is 5.10 Å². The zero-order valence-electron chi connectivity index (χ0n) is 16.9. The van der Waals surface area contributed by atoms with Crippen LogP contribution < -0.4 is 5.32 Å². The largest absolute Gasteiger partial charge is 0.394 e. The van der Waals surface area contributed by atoms with Crippen molar-refractivity contribution in [2.24, 2.45) is 0 Å². The molecule has 0 bridgehead atoms. The fraction of sp³-hybridized carbons (Fsp3) is 0.364. The fourth-order valence-corrected chi connectivity index (χ4v) is 3.73.